The summed E-state index contributed by atoms with van der Waals surface area (Å²) in [6, 6.07) is 5.01. The first-order chi connectivity index (χ1) is 8.45. The van der Waals surface area contributed by atoms with Gasteiger partial charge >= 0.3 is 0 Å². The molecule has 0 fully saturated rings. The Bertz CT molecular complexity index is 463. The van der Waals surface area contributed by atoms with Crippen LogP contribution in [0.2, 0.25) is 0 Å². The van der Waals surface area contributed by atoms with Crippen LogP contribution in [0.5, 0.6) is 5.75 Å². The molecule has 1 aromatic rings. The van der Waals surface area contributed by atoms with Gasteiger partial charge in [-0.15, -0.1) is 0 Å². The van der Waals surface area contributed by atoms with Gasteiger partial charge in [0.05, 0.1) is 22.3 Å². The van der Waals surface area contributed by atoms with Gasteiger partial charge in [-0.1, -0.05) is 6.92 Å². The number of rotatable bonds is 6. The first kappa shape index (κ1) is 14.5. The maximum Gasteiger partial charge on any atom is 0.221 e. The molecule has 2 unspecified atom stereocenters. The first-order valence-corrected chi connectivity index (χ1v) is 6.97. The van der Waals surface area contributed by atoms with Crippen LogP contribution in [0.1, 0.15) is 13.8 Å². The first-order valence-electron chi connectivity index (χ1n) is 5.65. The van der Waals surface area contributed by atoms with Gasteiger partial charge in [0.25, 0.3) is 0 Å². The molecule has 2 atom stereocenters. The normalized spacial score (nSPS) is 13.9. The van der Waals surface area contributed by atoms with E-state index in [4.69, 9.17) is 16.2 Å². The second kappa shape index (κ2) is 6.39. The minimum Gasteiger partial charge on any atom is -0.494 e. The van der Waals surface area contributed by atoms with Gasteiger partial charge in [-0.2, -0.15) is 0 Å². The van der Waals surface area contributed by atoms with Gasteiger partial charge in [0.2, 0.25) is 5.91 Å². The zero-order valence-electron chi connectivity index (χ0n) is 10.5. The molecule has 6 heteroatoms. The van der Waals surface area contributed by atoms with Crippen molar-refractivity contribution < 1.29 is 13.7 Å². The van der Waals surface area contributed by atoms with Crippen molar-refractivity contribution in [2.24, 2.45) is 11.7 Å². The fraction of sp³-hybridized carbons (Fsp3) is 0.417. The number of ether oxygens (including phenoxy) is 1. The summed E-state index contributed by atoms with van der Waals surface area (Å²) in [5.41, 5.74) is 11.3. The molecule has 1 aromatic carbocycles. The van der Waals surface area contributed by atoms with E-state index >= 15 is 0 Å². The monoisotopic (exact) mass is 270 g/mol. The summed E-state index contributed by atoms with van der Waals surface area (Å²) in [6.07, 6.45) is 0. The summed E-state index contributed by atoms with van der Waals surface area (Å²) < 4.78 is 17.4. The lowest BCUT2D eigenvalue weighted by Gasteiger charge is -2.11. The largest absolute Gasteiger partial charge is 0.494 e. The standard InChI is InChI=1S/C12H18N2O3S/c1-3-17-9-4-5-10(13)11(6-9)18(16)7-8(2)12(14)15/h4-6,8H,3,7,13H2,1-2H3,(H2,14,15). The van der Waals surface area contributed by atoms with Crippen molar-refractivity contribution in [1.29, 1.82) is 0 Å². The molecule has 1 rings (SSSR count). The highest BCUT2D eigenvalue weighted by Gasteiger charge is 2.16. The molecule has 4 N–H and O–H groups in total. The molecule has 0 spiro atoms. The Morgan fingerprint density at radius 3 is 2.72 bits per heavy atom. The number of hydrogen-bond acceptors (Lipinski definition) is 4. The highest BCUT2D eigenvalue weighted by atomic mass is 32.2. The topological polar surface area (TPSA) is 95.4 Å². The Morgan fingerprint density at radius 2 is 2.17 bits per heavy atom. The number of carbonyl (C=O) groups is 1. The van der Waals surface area contributed by atoms with E-state index in [2.05, 4.69) is 0 Å². The van der Waals surface area contributed by atoms with E-state index in [-0.39, 0.29) is 5.75 Å². The number of benzene rings is 1. The Labute approximate surface area is 109 Å². The van der Waals surface area contributed by atoms with Crippen LogP contribution in [-0.4, -0.2) is 22.5 Å². The van der Waals surface area contributed by atoms with E-state index in [0.29, 0.717) is 22.9 Å². The van der Waals surface area contributed by atoms with Gasteiger partial charge in [-0.05, 0) is 25.1 Å². The SMILES string of the molecule is CCOc1ccc(N)c(S(=O)CC(C)C(N)=O)c1. The van der Waals surface area contributed by atoms with Crippen molar-refractivity contribution in [1.82, 2.24) is 0 Å². The zero-order chi connectivity index (χ0) is 13.7. The molecule has 1 amide bonds. The van der Waals surface area contributed by atoms with E-state index in [1.54, 1.807) is 25.1 Å². The maximum absolute atomic E-state index is 12.1. The second-order valence-electron chi connectivity index (χ2n) is 3.95. The van der Waals surface area contributed by atoms with Crippen molar-refractivity contribution in [3.8, 4) is 5.75 Å². The Kier molecular flexibility index (Phi) is 5.15. The summed E-state index contributed by atoms with van der Waals surface area (Å²) in [5, 5.41) is 0. The third-order valence-electron chi connectivity index (χ3n) is 2.43. The summed E-state index contributed by atoms with van der Waals surface area (Å²) in [6.45, 7) is 4.03. The smallest absolute Gasteiger partial charge is 0.221 e. The summed E-state index contributed by atoms with van der Waals surface area (Å²) in [5.74, 6) is -0.152. The quantitative estimate of drug-likeness (QED) is 0.751. The predicted molar refractivity (Wildman–Crippen MR) is 71.7 cm³/mol. The number of primary amides is 1. The molecule has 100 valence electrons. The Morgan fingerprint density at radius 1 is 1.50 bits per heavy atom. The molecule has 0 saturated carbocycles. The van der Waals surface area contributed by atoms with Gasteiger partial charge < -0.3 is 16.2 Å². The molecule has 0 saturated heterocycles. The molecule has 0 bridgehead atoms. The lowest BCUT2D eigenvalue weighted by Crippen LogP contribution is -2.25. The van der Waals surface area contributed by atoms with Crippen LogP contribution in [0, 0.1) is 5.92 Å². The van der Waals surface area contributed by atoms with Gasteiger partial charge in [0.15, 0.2) is 0 Å². The van der Waals surface area contributed by atoms with Crippen LogP contribution in [0.3, 0.4) is 0 Å². The molecule has 0 aromatic heterocycles. The molecule has 0 heterocycles. The number of anilines is 1. The van der Waals surface area contributed by atoms with Crippen LogP contribution in [-0.2, 0) is 15.6 Å². The van der Waals surface area contributed by atoms with Crippen molar-refractivity contribution in [3.05, 3.63) is 18.2 Å². The van der Waals surface area contributed by atoms with Crippen molar-refractivity contribution in [2.45, 2.75) is 18.7 Å². The Balaban J connectivity index is 2.90. The number of nitrogens with two attached hydrogens (primary N) is 2. The van der Waals surface area contributed by atoms with Crippen LogP contribution in [0.25, 0.3) is 0 Å². The number of carbonyl (C=O) groups excluding carboxylic acids is 1. The Hall–Kier alpha value is -1.56. The van der Waals surface area contributed by atoms with Crippen molar-refractivity contribution >= 4 is 22.4 Å². The van der Waals surface area contributed by atoms with Crippen LogP contribution < -0.4 is 16.2 Å². The average molecular weight is 270 g/mol. The number of hydrogen-bond donors (Lipinski definition) is 2. The fourth-order valence-corrected chi connectivity index (χ4v) is 2.74. The summed E-state index contributed by atoms with van der Waals surface area (Å²) in [4.78, 5) is 11.4. The molecular formula is C12H18N2O3S. The van der Waals surface area contributed by atoms with Gasteiger partial charge in [0.1, 0.15) is 5.75 Å². The lowest BCUT2D eigenvalue weighted by molar-refractivity contribution is -0.120. The van der Waals surface area contributed by atoms with Crippen LogP contribution in [0.4, 0.5) is 5.69 Å². The predicted octanol–water partition coefficient (Wildman–Crippen LogP) is 0.897. The molecule has 0 aliphatic carbocycles. The molecule has 0 radical (unpaired) electrons. The average Bonchev–Trinajstić information content (AvgIpc) is 2.31. The van der Waals surface area contributed by atoms with E-state index in [9.17, 15) is 9.00 Å². The van der Waals surface area contributed by atoms with Crippen LogP contribution in [0.15, 0.2) is 23.1 Å². The van der Waals surface area contributed by atoms with Gasteiger partial charge in [-0.3, -0.25) is 9.00 Å². The summed E-state index contributed by atoms with van der Waals surface area (Å²) in [7, 11) is -1.37. The highest BCUT2D eigenvalue weighted by Crippen LogP contribution is 2.24. The van der Waals surface area contributed by atoms with E-state index in [1.807, 2.05) is 6.92 Å². The van der Waals surface area contributed by atoms with E-state index < -0.39 is 22.6 Å². The minimum absolute atomic E-state index is 0.162. The molecule has 5 nitrogen and oxygen atoms in total. The number of amides is 1. The fourth-order valence-electron chi connectivity index (χ4n) is 1.37. The van der Waals surface area contributed by atoms with E-state index in [1.165, 1.54) is 0 Å². The van der Waals surface area contributed by atoms with Gasteiger partial charge in [0, 0.05) is 17.4 Å². The number of nitrogen functional groups attached to an aromatic ring is 1. The van der Waals surface area contributed by atoms with Crippen molar-refractivity contribution in [2.75, 3.05) is 18.1 Å². The molecular weight excluding hydrogens is 252 g/mol. The minimum atomic E-state index is -1.37. The third-order valence-corrected chi connectivity index (χ3v) is 4.08. The third kappa shape index (κ3) is 3.73. The zero-order valence-corrected chi connectivity index (χ0v) is 11.3. The summed E-state index contributed by atoms with van der Waals surface area (Å²) >= 11 is 0. The maximum atomic E-state index is 12.1. The van der Waals surface area contributed by atoms with Crippen LogP contribution >= 0.6 is 0 Å². The highest BCUT2D eigenvalue weighted by molar-refractivity contribution is 7.85. The lowest BCUT2D eigenvalue weighted by atomic mass is 10.2. The van der Waals surface area contributed by atoms with Gasteiger partial charge in [-0.25, -0.2) is 0 Å². The molecule has 18 heavy (non-hydrogen) atoms. The molecule has 0 aliphatic heterocycles. The molecule has 0 aliphatic rings. The second-order valence-corrected chi connectivity index (χ2v) is 5.41. The van der Waals surface area contributed by atoms with E-state index in [0.717, 1.165) is 0 Å². The van der Waals surface area contributed by atoms with Crippen molar-refractivity contribution in [3.63, 3.8) is 0 Å².